The first kappa shape index (κ1) is 14.0. The third-order valence-corrected chi connectivity index (χ3v) is 2.87. The second-order valence-corrected chi connectivity index (χ2v) is 5.67. The standard InChI is InChI=1S/C12H22N2O3/c1-8(13-11(17)12(2,3)4)10(16)14-6-5-9(15)7-14/h8-9,15H,5-7H2,1-4H3,(H,13,17)/t8?,9-/m0/s1. The van der Waals surface area contributed by atoms with Gasteiger partial charge in [0.1, 0.15) is 6.04 Å². The monoisotopic (exact) mass is 242 g/mol. The summed E-state index contributed by atoms with van der Waals surface area (Å²) in [5.41, 5.74) is -0.501. The molecule has 2 amide bonds. The smallest absolute Gasteiger partial charge is 0.244 e. The number of carbonyl (C=O) groups excluding carboxylic acids is 2. The lowest BCUT2D eigenvalue weighted by Gasteiger charge is -2.24. The maximum atomic E-state index is 12.0. The van der Waals surface area contributed by atoms with Crippen LogP contribution in [0.3, 0.4) is 0 Å². The predicted octanol–water partition coefficient (Wildman–Crippen LogP) is 0.130. The topological polar surface area (TPSA) is 69.6 Å². The van der Waals surface area contributed by atoms with Crippen LogP contribution in [0.2, 0.25) is 0 Å². The summed E-state index contributed by atoms with van der Waals surface area (Å²) in [4.78, 5) is 25.3. The molecule has 0 spiro atoms. The summed E-state index contributed by atoms with van der Waals surface area (Å²) < 4.78 is 0. The van der Waals surface area contributed by atoms with Gasteiger partial charge in [-0.3, -0.25) is 9.59 Å². The van der Waals surface area contributed by atoms with Crippen molar-refractivity contribution in [1.82, 2.24) is 10.2 Å². The van der Waals surface area contributed by atoms with Crippen molar-refractivity contribution in [2.45, 2.75) is 46.3 Å². The number of rotatable bonds is 2. The molecular formula is C12H22N2O3. The molecule has 1 fully saturated rings. The van der Waals surface area contributed by atoms with Gasteiger partial charge in [0.05, 0.1) is 6.10 Å². The van der Waals surface area contributed by atoms with Crippen LogP contribution in [-0.4, -0.2) is 47.1 Å². The van der Waals surface area contributed by atoms with Gasteiger partial charge in [0.15, 0.2) is 0 Å². The number of nitrogens with one attached hydrogen (secondary N) is 1. The lowest BCUT2D eigenvalue weighted by molar-refractivity contribution is -0.137. The van der Waals surface area contributed by atoms with Gasteiger partial charge in [0.2, 0.25) is 11.8 Å². The lowest BCUT2D eigenvalue weighted by atomic mass is 9.95. The summed E-state index contributed by atoms with van der Waals surface area (Å²) in [6.07, 6.45) is 0.190. The predicted molar refractivity (Wildman–Crippen MR) is 64.3 cm³/mol. The minimum atomic E-state index is -0.535. The Kier molecular flexibility index (Phi) is 4.14. The summed E-state index contributed by atoms with van der Waals surface area (Å²) in [7, 11) is 0. The van der Waals surface area contributed by atoms with E-state index in [9.17, 15) is 14.7 Å². The Balaban J connectivity index is 2.50. The Labute approximate surface area is 102 Å². The number of aliphatic hydroxyl groups is 1. The first-order valence-corrected chi connectivity index (χ1v) is 5.99. The third-order valence-electron chi connectivity index (χ3n) is 2.87. The maximum Gasteiger partial charge on any atom is 0.244 e. The van der Waals surface area contributed by atoms with E-state index in [-0.39, 0.29) is 11.8 Å². The third kappa shape index (κ3) is 3.70. The number of aliphatic hydroxyl groups excluding tert-OH is 1. The molecule has 5 nitrogen and oxygen atoms in total. The van der Waals surface area contributed by atoms with E-state index in [1.807, 2.05) is 0 Å². The molecule has 1 unspecified atom stereocenters. The van der Waals surface area contributed by atoms with Crippen LogP contribution in [0.1, 0.15) is 34.1 Å². The van der Waals surface area contributed by atoms with Crippen LogP contribution < -0.4 is 5.32 Å². The largest absolute Gasteiger partial charge is 0.391 e. The fourth-order valence-corrected chi connectivity index (χ4v) is 1.69. The zero-order valence-corrected chi connectivity index (χ0v) is 11.0. The summed E-state index contributed by atoms with van der Waals surface area (Å²) in [6.45, 7) is 8.03. The van der Waals surface area contributed by atoms with E-state index in [4.69, 9.17) is 0 Å². The molecular weight excluding hydrogens is 220 g/mol. The van der Waals surface area contributed by atoms with Crippen LogP contribution in [0.5, 0.6) is 0 Å². The van der Waals surface area contributed by atoms with Gasteiger partial charge < -0.3 is 15.3 Å². The Hall–Kier alpha value is -1.10. The Morgan fingerprint density at radius 2 is 2.00 bits per heavy atom. The maximum absolute atomic E-state index is 12.0. The molecule has 1 aliphatic rings. The van der Waals surface area contributed by atoms with Crippen molar-refractivity contribution >= 4 is 11.8 Å². The number of likely N-dealkylation sites (tertiary alicyclic amines) is 1. The lowest BCUT2D eigenvalue weighted by Crippen LogP contribution is -2.49. The second kappa shape index (κ2) is 5.04. The molecule has 2 N–H and O–H groups in total. The van der Waals surface area contributed by atoms with E-state index in [0.29, 0.717) is 19.5 Å². The highest BCUT2D eigenvalue weighted by Gasteiger charge is 2.30. The minimum Gasteiger partial charge on any atom is -0.391 e. The SMILES string of the molecule is CC(NC(=O)C(C)(C)C)C(=O)N1CC[C@H](O)C1. The Morgan fingerprint density at radius 1 is 1.41 bits per heavy atom. The van der Waals surface area contributed by atoms with Crippen molar-refractivity contribution < 1.29 is 14.7 Å². The summed E-state index contributed by atoms with van der Waals surface area (Å²) >= 11 is 0. The molecule has 0 radical (unpaired) electrons. The zero-order valence-electron chi connectivity index (χ0n) is 11.0. The Bertz CT molecular complexity index is 309. The molecule has 1 rings (SSSR count). The van der Waals surface area contributed by atoms with E-state index in [0.717, 1.165) is 0 Å². The molecule has 0 bridgehead atoms. The highest BCUT2D eigenvalue weighted by atomic mass is 16.3. The van der Waals surface area contributed by atoms with E-state index >= 15 is 0 Å². The second-order valence-electron chi connectivity index (χ2n) is 5.67. The van der Waals surface area contributed by atoms with Crippen LogP contribution in [0.4, 0.5) is 0 Å². The van der Waals surface area contributed by atoms with Gasteiger partial charge >= 0.3 is 0 Å². The summed E-state index contributed by atoms with van der Waals surface area (Å²) in [6, 6.07) is -0.535. The molecule has 0 aromatic heterocycles. The van der Waals surface area contributed by atoms with Crippen LogP contribution >= 0.6 is 0 Å². The number of β-amino-alcohol motifs (C(OH)–C–C–N with tert-alkyl or cyclic N) is 1. The van der Waals surface area contributed by atoms with Gasteiger partial charge in [-0.05, 0) is 13.3 Å². The molecule has 17 heavy (non-hydrogen) atoms. The normalized spacial score (nSPS) is 22.4. The van der Waals surface area contributed by atoms with Crippen LogP contribution in [-0.2, 0) is 9.59 Å². The molecule has 0 aliphatic carbocycles. The fraction of sp³-hybridized carbons (Fsp3) is 0.833. The quantitative estimate of drug-likeness (QED) is 0.723. The molecule has 1 saturated heterocycles. The number of carbonyl (C=O) groups is 2. The molecule has 98 valence electrons. The van der Waals surface area contributed by atoms with E-state index in [1.165, 1.54) is 0 Å². The van der Waals surface area contributed by atoms with E-state index < -0.39 is 17.6 Å². The molecule has 2 atom stereocenters. The van der Waals surface area contributed by atoms with Crippen molar-refractivity contribution in [3.63, 3.8) is 0 Å². The van der Waals surface area contributed by atoms with Gasteiger partial charge in [-0.1, -0.05) is 20.8 Å². The van der Waals surface area contributed by atoms with Crippen molar-refractivity contribution in [2.75, 3.05) is 13.1 Å². The number of amides is 2. The van der Waals surface area contributed by atoms with Crippen molar-refractivity contribution in [3.8, 4) is 0 Å². The number of nitrogens with zero attached hydrogens (tertiary/aromatic N) is 1. The van der Waals surface area contributed by atoms with E-state index in [2.05, 4.69) is 5.32 Å². The first-order chi connectivity index (χ1) is 7.71. The van der Waals surface area contributed by atoms with Crippen molar-refractivity contribution in [3.05, 3.63) is 0 Å². The van der Waals surface area contributed by atoms with Gasteiger partial charge in [-0.2, -0.15) is 0 Å². The van der Waals surface area contributed by atoms with Gasteiger partial charge in [-0.25, -0.2) is 0 Å². The number of hydrogen-bond donors (Lipinski definition) is 2. The molecule has 1 aliphatic heterocycles. The molecule has 0 aromatic carbocycles. The van der Waals surface area contributed by atoms with Crippen LogP contribution in [0.15, 0.2) is 0 Å². The molecule has 1 heterocycles. The molecule has 0 saturated carbocycles. The molecule has 5 heteroatoms. The van der Waals surface area contributed by atoms with Crippen LogP contribution in [0, 0.1) is 5.41 Å². The highest BCUT2D eigenvalue weighted by Crippen LogP contribution is 2.14. The fourth-order valence-electron chi connectivity index (χ4n) is 1.69. The van der Waals surface area contributed by atoms with Crippen molar-refractivity contribution in [2.24, 2.45) is 5.41 Å². The first-order valence-electron chi connectivity index (χ1n) is 5.99. The average Bonchev–Trinajstić information content (AvgIpc) is 2.62. The summed E-state index contributed by atoms with van der Waals surface area (Å²) in [5, 5.41) is 12.1. The average molecular weight is 242 g/mol. The van der Waals surface area contributed by atoms with Gasteiger partial charge in [-0.15, -0.1) is 0 Å². The van der Waals surface area contributed by atoms with Crippen LogP contribution in [0.25, 0.3) is 0 Å². The van der Waals surface area contributed by atoms with Gasteiger partial charge in [0, 0.05) is 18.5 Å². The molecule has 0 aromatic rings. The number of hydrogen-bond acceptors (Lipinski definition) is 3. The van der Waals surface area contributed by atoms with Gasteiger partial charge in [0.25, 0.3) is 0 Å². The highest BCUT2D eigenvalue weighted by molar-refractivity contribution is 5.89. The minimum absolute atomic E-state index is 0.126. The Morgan fingerprint density at radius 3 is 2.41 bits per heavy atom. The zero-order chi connectivity index (χ0) is 13.2. The summed E-state index contributed by atoms with van der Waals surface area (Å²) in [5.74, 6) is -0.266. The van der Waals surface area contributed by atoms with E-state index in [1.54, 1.807) is 32.6 Å². The van der Waals surface area contributed by atoms with Crippen molar-refractivity contribution in [1.29, 1.82) is 0 Å².